The molecule has 0 atom stereocenters. The Labute approximate surface area is 80.3 Å². The standard InChI is InChI=1S/C10H9NOS/c11-8-4-1-3-7(10(8)12)9-5-2-6-13-9/h1-6,12H,11H2. The number of thiophene rings is 1. The van der Waals surface area contributed by atoms with E-state index in [2.05, 4.69) is 0 Å². The fourth-order valence-corrected chi connectivity index (χ4v) is 1.94. The number of phenols is 1. The van der Waals surface area contributed by atoms with Crippen LogP contribution in [0.15, 0.2) is 35.7 Å². The molecule has 3 heteroatoms. The van der Waals surface area contributed by atoms with Crippen molar-refractivity contribution in [2.24, 2.45) is 0 Å². The van der Waals surface area contributed by atoms with Crippen molar-refractivity contribution in [1.82, 2.24) is 0 Å². The molecule has 13 heavy (non-hydrogen) atoms. The van der Waals surface area contributed by atoms with Gasteiger partial charge < -0.3 is 10.8 Å². The number of anilines is 1. The molecule has 0 amide bonds. The molecule has 0 unspecified atom stereocenters. The van der Waals surface area contributed by atoms with Gasteiger partial charge in [0.25, 0.3) is 0 Å². The van der Waals surface area contributed by atoms with Crippen LogP contribution in [0.4, 0.5) is 5.69 Å². The van der Waals surface area contributed by atoms with Crippen LogP contribution in [0.1, 0.15) is 0 Å². The van der Waals surface area contributed by atoms with E-state index in [9.17, 15) is 5.11 Å². The van der Waals surface area contributed by atoms with E-state index in [4.69, 9.17) is 5.73 Å². The molecule has 0 aliphatic carbocycles. The second-order valence-electron chi connectivity index (χ2n) is 2.72. The summed E-state index contributed by atoms with van der Waals surface area (Å²) < 4.78 is 0. The number of phenolic OH excluding ortho intramolecular Hbond substituents is 1. The Morgan fingerprint density at radius 3 is 2.69 bits per heavy atom. The molecular weight excluding hydrogens is 182 g/mol. The zero-order valence-electron chi connectivity index (χ0n) is 6.90. The fourth-order valence-electron chi connectivity index (χ4n) is 1.19. The van der Waals surface area contributed by atoms with Crippen LogP contribution < -0.4 is 5.73 Å². The van der Waals surface area contributed by atoms with Crippen molar-refractivity contribution >= 4 is 17.0 Å². The molecule has 2 rings (SSSR count). The van der Waals surface area contributed by atoms with Gasteiger partial charge in [-0.1, -0.05) is 12.1 Å². The molecule has 0 spiro atoms. The lowest BCUT2D eigenvalue weighted by molar-refractivity contribution is 0.480. The minimum Gasteiger partial charge on any atom is -0.505 e. The number of rotatable bonds is 1. The maximum atomic E-state index is 9.65. The molecule has 1 aromatic carbocycles. The van der Waals surface area contributed by atoms with Crippen LogP contribution in [0, 0.1) is 0 Å². The lowest BCUT2D eigenvalue weighted by Crippen LogP contribution is -1.86. The third-order valence-corrected chi connectivity index (χ3v) is 2.76. The molecule has 66 valence electrons. The Bertz CT molecular complexity index is 409. The molecule has 1 aromatic heterocycles. The summed E-state index contributed by atoms with van der Waals surface area (Å²) in [6.07, 6.45) is 0. The van der Waals surface area contributed by atoms with Gasteiger partial charge in [-0.05, 0) is 23.6 Å². The third-order valence-electron chi connectivity index (χ3n) is 1.85. The maximum Gasteiger partial charge on any atom is 0.147 e. The first-order valence-electron chi connectivity index (χ1n) is 3.90. The van der Waals surface area contributed by atoms with Gasteiger partial charge in [0.1, 0.15) is 5.75 Å². The third kappa shape index (κ3) is 1.38. The number of nitrogen functional groups attached to an aromatic ring is 1. The molecule has 3 N–H and O–H groups in total. The Hall–Kier alpha value is -1.48. The molecule has 0 saturated heterocycles. The Morgan fingerprint density at radius 1 is 1.15 bits per heavy atom. The van der Waals surface area contributed by atoms with Crippen LogP contribution in [0.5, 0.6) is 5.75 Å². The van der Waals surface area contributed by atoms with Crippen molar-refractivity contribution in [3.8, 4) is 16.2 Å². The first-order chi connectivity index (χ1) is 6.29. The van der Waals surface area contributed by atoms with E-state index >= 15 is 0 Å². The summed E-state index contributed by atoms with van der Waals surface area (Å²) in [6, 6.07) is 9.29. The number of benzene rings is 1. The van der Waals surface area contributed by atoms with Gasteiger partial charge in [0.15, 0.2) is 0 Å². The summed E-state index contributed by atoms with van der Waals surface area (Å²) >= 11 is 1.58. The number of nitrogens with two attached hydrogens (primary N) is 1. The van der Waals surface area contributed by atoms with Crippen molar-refractivity contribution in [3.05, 3.63) is 35.7 Å². The van der Waals surface area contributed by atoms with E-state index in [1.54, 1.807) is 17.4 Å². The predicted octanol–water partition coefficient (Wildman–Crippen LogP) is 2.70. The van der Waals surface area contributed by atoms with Gasteiger partial charge in [-0.2, -0.15) is 0 Å². The zero-order valence-corrected chi connectivity index (χ0v) is 7.71. The van der Waals surface area contributed by atoms with Gasteiger partial charge in [-0.3, -0.25) is 0 Å². The highest BCUT2D eigenvalue weighted by Gasteiger charge is 2.06. The van der Waals surface area contributed by atoms with Crippen molar-refractivity contribution in [3.63, 3.8) is 0 Å². The highest BCUT2D eigenvalue weighted by atomic mass is 32.1. The monoisotopic (exact) mass is 191 g/mol. The average molecular weight is 191 g/mol. The van der Waals surface area contributed by atoms with E-state index in [1.165, 1.54) is 0 Å². The van der Waals surface area contributed by atoms with Crippen molar-refractivity contribution in [2.45, 2.75) is 0 Å². The van der Waals surface area contributed by atoms with Crippen LogP contribution >= 0.6 is 11.3 Å². The first kappa shape index (κ1) is 8.13. The second kappa shape index (κ2) is 3.11. The normalized spacial score (nSPS) is 10.2. The van der Waals surface area contributed by atoms with E-state index < -0.39 is 0 Å². The van der Waals surface area contributed by atoms with Gasteiger partial charge in [0.05, 0.1) is 5.69 Å². The molecular formula is C10H9NOS. The van der Waals surface area contributed by atoms with E-state index in [0.29, 0.717) is 5.69 Å². The van der Waals surface area contributed by atoms with Crippen LogP contribution in [0.2, 0.25) is 0 Å². The molecule has 0 fully saturated rings. The predicted molar refractivity (Wildman–Crippen MR) is 55.8 cm³/mol. The molecule has 2 nitrogen and oxygen atoms in total. The molecule has 1 heterocycles. The number of aromatic hydroxyl groups is 1. The second-order valence-corrected chi connectivity index (χ2v) is 3.67. The van der Waals surface area contributed by atoms with Crippen molar-refractivity contribution < 1.29 is 5.11 Å². The summed E-state index contributed by atoms with van der Waals surface area (Å²) in [5, 5.41) is 11.6. The number of hydrogen-bond acceptors (Lipinski definition) is 3. The van der Waals surface area contributed by atoms with Crippen molar-refractivity contribution in [1.29, 1.82) is 0 Å². The summed E-state index contributed by atoms with van der Waals surface area (Å²) in [5.74, 6) is 0.171. The van der Waals surface area contributed by atoms with Gasteiger partial charge in [-0.25, -0.2) is 0 Å². The Morgan fingerprint density at radius 2 is 2.00 bits per heavy atom. The fraction of sp³-hybridized carbons (Fsp3) is 0. The molecule has 2 aromatic rings. The van der Waals surface area contributed by atoms with E-state index in [-0.39, 0.29) is 5.75 Å². The lowest BCUT2D eigenvalue weighted by atomic mass is 10.1. The first-order valence-corrected chi connectivity index (χ1v) is 4.78. The SMILES string of the molecule is Nc1cccc(-c2cccs2)c1O. The minimum atomic E-state index is 0.171. The largest absolute Gasteiger partial charge is 0.505 e. The van der Waals surface area contributed by atoms with Crippen LogP contribution in [-0.2, 0) is 0 Å². The smallest absolute Gasteiger partial charge is 0.147 e. The van der Waals surface area contributed by atoms with E-state index in [0.717, 1.165) is 10.4 Å². The van der Waals surface area contributed by atoms with Crippen LogP contribution in [0.3, 0.4) is 0 Å². The topological polar surface area (TPSA) is 46.2 Å². The van der Waals surface area contributed by atoms with Crippen LogP contribution in [0.25, 0.3) is 10.4 Å². The maximum absolute atomic E-state index is 9.65. The van der Waals surface area contributed by atoms with Gasteiger partial charge in [0.2, 0.25) is 0 Å². The molecule has 0 radical (unpaired) electrons. The zero-order chi connectivity index (χ0) is 9.26. The van der Waals surface area contributed by atoms with Crippen LogP contribution in [-0.4, -0.2) is 5.11 Å². The van der Waals surface area contributed by atoms with Gasteiger partial charge in [0, 0.05) is 10.4 Å². The quantitative estimate of drug-likeness (QED) is 0.537. The van der Waals surface area contributed by atoms with Gasteiger partial charge in [-0.15, -0.1) is 11.3 Å². The highest BCUT2D eigenvalue weighted by Crippen LogP contribution is 2.35. The molecule has 0 aliphatic heterocycles. The van der Waals surface area contributed by atoms with E-state index in [1.807, 2.05) is 29.6 Å². The summed E-state index contributed by atoms with van der Waals surface area (Å²) in [7, 11) is 0. The minimum absolute atomic E-state index is 0.171. The Balaban J connectivity index is 2.59. The molecule has 0 saturated carbocycles. The Kier molecular flexibility index (Phi) is 1.94. The molecule has 0 aliphatic rings. The molecule has 0 bridgehead atoms. The van der Waals surface area contributed by atoms with Gasteiger partial charge >= 0.3 is 0 Å². The lowest BCUT2D eigenvalue weighted by Gasteiger charge is -2.03. The highest BCUT2D eigenvalue weighted by molar-refractivity contribution is 7.13. The number of hydrogen-bond donors (Lipinski definition) is 2. The summed E-state index contributed by atoms with van der Waals surface area (Å²) in [5.41, 5.74) is 6.80. The summed E-state index contributed by atoms with van der Waals surface area (Å²) in [6.45, 7) is 0. The average Bonchev–Trinajstić information content (AvgIpc) is 2.62. The summed E-state index contributed by atoms with van der Waals surface area (Å²) in [4.78, 5) is 1.03. The van der Waals surface area contributed by atoms with Crippen molar-refractivity contribution in [2.75, 3.05) is 5.73 Å². The number of para-hydroxylation sites is 1.